The summed E-state index contributed by atoms with van der Waals surface area (Å²) in [6, 6.07) is 4.02. The Bertz CT molecular complexity index is 574. The lowest BCUT2D eigenvalue weighted by Gasteiger charge is -2.14. The molecule has 1 aliphatic rings. The van der Waals surface area contributed by atoms with E-state index in [0.29, 0.717) is 18.2 Å². The van der Waals surface area contributed by atoms with Gasteiger partial charge < -0.3 is 10.6 Å². The number of nitrogens with zero attached hydrogens (tertiary/aromatic N) is 2. The number of hydrogen-bond acceptors (Lipinski definition) is 5. The number of carbonyl (C=O) groups excluding carboxylic acids is 1. The molecule has 4 nitrogen and oxygen atoms in total. The topological polar surface area (TPSA) is 59.2 Å². The van der Waals surface area contributed by atoms with Gasteiger partial charge in [0.25, 0.3) is 5.91 Å². The zero-order chi connectivity index (χ0) is 13.2. The molecule has 3 heterocycles. The summed E-state index contributed by atoms with van der Waals surface area (Å²) in [6.07, 6.45) is 1.00. The van der Waals surface area contributed by atoms with E-state index in [-0.39, 0.29) is 30.7 Å². The third-order valence-electron chi connectivity index (χ3n) is 3.36. The molecular weight excluding hydrogens is 349 g/mol. The van der Waals surface area contributed by atoms with Crippen LogP contribution >= 0.6 is 47.5 Å². The van der Waals surface area contributed by atoms with E-state index >= 15 is 0 Å². The van der Waals surface area contributed by atoms with E-state index in [1.807, 2.05) is 27.8 Å². The minimum Gasteiger partial charge on any atom is -0.337 e. The smallest absolute Gasteiger partial charge is 0.273 e. The minimum absolute atomic E-state index is 0. The van der Waals surface area contributed by atoms with Gasteiger partial charge in [0, 0.05) is 18.5 Å². The van der Waals surface area contributed by atoms with Crippen LogP contribution in [0.15, 0.2) is 22.9 Å². The summed E-state index contributed by atoms with van der Waals surface area (Å²) in [5.41, 5.74) is 6.21. The van der Waals surface area contributed by atoms with E-state index in [4.69, 9.17) is 5.73 Å². The highest BCUT2D eigenvalue weighted by Gasteiger charge is 2.27. The quantitative estimate of drug-likeness (QED) is 0.908. The van der Waals surface area contributed by atoms with Crippen LogP contribution in [-0.2, 0) is 0 Å². The number of rotatable bonds is 3. The molecule has 1 atom stereocenters. The Kier molecular flexibility index (Phi) is 7.09. The summed E-state index contributed by atoms with van der Waals surface area (Å²) in [7, 11) is 0. The summed E-state index contributed by atoms with van der Waals surface area (Å²) in [4.78, 5) is 19.8. The van der Waals surface area contributed by atoms with E-state index in [2.05, 4.69) is 4.98 Å². The fraction of sp³-hybridized carbons (Fsp3) is 0.385. The van der Waals surface area contributed by atoms with Gasteiger partial charge in [-0.2, -0.15) is 0 Å². The van der Waals surface area contributed by atoms with Gasteiger partial charge in [-0.15, -0.1) is 47.5 Å². The standard InChI is InChI=1S/C13H15N3OS2.2ClH/c14-6-9-3-4-16(7-9)13(17)10-8-19-12(15-10)11-2-1-5-18-11;;/h1-2,5,8-9H,3-4,6-7,14H2;2*1H. The van der Waals surface area contributed by atoms with Gasteiger partial charge >= 0.3 is 0 Å². The van der Waals surface area contributed by atoms with Crippen LogP contribution in [0.5, 0.6) is 0 Å². The molecule has 3 rings (SSSR count). The number of thiazole rings is 1. The van der Waals surface area contributed by atoms with Crippen LogP contribution in [0.3, 0.4) is 0 Å². The molecule has 2 N–H and O–H groups in total. The molecule has 116 valence electrons. The maximum atomic E-state index is 12.3. The van der Waals surface area contributed by atoms with E-state index in [0.717, 1.165) is 29.4 Å². The molecule has 1 unspecified atom stereocenters. The predicted molar refractivity (Wildman–Crippen MR) is 93.0 cm³/mol. The highest BCUT2D eigenvalue weighted by Crippen LogP contribution is 2.28. The van der Waals surface area contributed by atoms with Crippen LogP contribution in [0.2, 0.25) is 0 Å². The van der Waals surface area contributed by atoms with Crippen LogP contribution in [0.1, 0.15) is 16.9 Å². The first-order valence-electron chi connectivity index (χ1n) is 6.26. The molecule has 1 saturated heterocycles. The number of likely N-dealkylation sites (tertiary alicyclic amines) is 1. The van der Waals surface area contributed by atoms with Gasteiger partial charge in [0.2, 0.25) is 0 Å². The average molecular weight is 366 g/mol. The van der Waals surface area contributed by atoms with E-state index in [1.54, 1.807) is 11.3 Å². The van der Waals surface area contributed by atoms with Crippen molar-refractivity contribution >= 4 is 53.4 Å². The van der Waals surface area contributed by atoms with Gasteiger partial charge in [-0.3, -0.25) is 4.79 Å². The number of halogens is 2. The lowest BCUT2D eigenvalue weighted by atomic mass is 10.1. The molecular formula is C13H17Cl2N3OS2. The Morgan fingerprint density at radius 1 is 1.43 bits per heavy atom. The molecule has 2 aromatic rings. The van der Waals surface area contributed by atoms with Crippen molar-refractivity contribution < 1.29 is 4.79 Å². The molecule has 0 spiro atoms. The Balaban J connectivity index is 0.00000110. The zero-order valence-corrected chi connectivity index (χ0v) is 14.5. The second-order valence-corrected chi connectivity index (χ2v) is 6.46. The molecule has 0 bridgehead atoms. The maximum absolute atomic E-state index is 12.3. The Morgan fingerprint density at radius 3 is 2.86 bits per heavy atom. The maximum Gasteiger partial charge on any atom is 0.273 e. The van der Waals surface area contributed by atoms with Crippen LogP contribution in [0.4, 0.5) is 0 Å². The second kappa shape index (κ2) is 8.10. The van der Waals surface area contributed by atoms with Crippen molar-refractivity contribution in [3.8, 4) is 9.88 Å². The summed E-state index contributed by atoms with van der Waals surface area (Å²) in [6.45, 7) is 2.22. The lowest BCUT2D eigenvalue weighted by molar-refractivity contribution is 0.0783. The summed E-state index contributed by atoms with van der Waals surface area (Å²) in [5.74, 6) is 0.481. The largest absolute Gasteiger partial charge is 0.337 e. The van der Waals surface area contributed by atoms with Crippen LogP contribution in [0, 0.1) is 5.92 Å². The first-order chi connectivity index (χ1) is 9.28. The summed E-state index contributed by atoms with van der Waals surface area (Å²) in [5, 5.41) is 4.80. The minimum atomic E-state index is 0. The predicted octanol–water partition coefficient (Wildman–Crippen LogP) is 3.14. The molecule has 0 aliphatic carbocycles. The van der Waals surface area contributed by atoms with Crippen molar-refractivity contribution in [1.29, 1.82) is 0 Å². The van der Waals surface area contributed by atoms with E-state index in [1.165, 1.54) is 11.3 Å². The molecule has 1 aliphatic heterocycles. The van der Waals surface area contributed by atoms with Crippen molar-refractivity contribution in [2.24, 2.45) is 11.7 Å². The Morgan fingerprint density at radius 2 is 2.24 bits per heavy atom. The highest BCUT2D eigenvalue weighted by atomic mass is 35.5. The highest BCUT2D eigenvalue weighted by molar-refractivity contribution is 7.20. The normalized spacial score (nSPS) is 17.2. The molecule has 0 radical (unpaired) electrons. The number of hydrogen-bond donors (Lipinski definition) is 1. The van der Waals surface area contributed by atoms with Gasteiger partial charge in [-0.05, 0) is 30.3 Å². The molecule has 0 aromatic carbocycles. The average Bonchev–Trinajstić information content (AvgIpc) is 3.16. The molecule has 2 aromatic heterocycles. The Labute approximate surface area is 144 Å². The van der Waals surface area contributed by atoms with Crippen molar-refractivity contribution in [3.05, 3.63) is 28.6 Å². The van der Waals surface area contributed by atoms with Crippen molar-refractivity contribution in [3.63, 3.8) is 0 Å². The van der Waals surface area contributed by atoms with Gasteiger partial charge in [0.1, 0.15) is 10.7 Å². The van der Waals surface area contributed by atoms with Crippen LogP contribution in [-0.4, -0.2) is 35.4 Å². The van der Waals surface area contributed by atoms with E-state index < -0.39 is 0 Å². The molecule has 8 heteroatoms. The van der Waals surface area contributed by atoms with Gasteiger partial charge in [0.15, 0.2) is 0 Å². The number of nitrogens with two attached hydrogens (primary N) is 1. The number of amides is 1. The van der Waals surface area contributed by atoms with Crippen molar-refractivity contribution in [1.82, 2.24) is 9.88 Å². The lowest BCUT2D eigenvalue weighted by Crippen LogP contribution is -2.30. The van der Waals surface area contributed by atoms with Gasteiger partial charge in [0.05, 0.1) is 4.88 Å². The van der Waals surface area contributed by atoms with E-state index in [9.17, 15) is 4.79 Å². The zero-order valence-electron chi connectivity index (χ0n) is 11.2. The van der Waals surface area contributed by atoms with Crippen molar-refractivity contribution in [2.75, 3.05) is 19.6 Å². The second-order valence-electron chi connectivity index (χ2n) is 4.66. The van der Waals surface area contributed by atoms with Gasteiger partial charge in [-0.25, -0.2) is 4.98 Å². The fourth-order valence-corrected chi connectivity index (χ4v) is 3.86. The monoisotopic (exact) mass is 365 g/mol. The molecule has 21 heavy (non-hydrogen) atoms. The summed E-state index contributed by atoms with van der Waals surface area (Å²) < 4.78 is 0. The van der Waals surface area contributed by atoms with Crippen LogP contribution in [0.25, 0.3) is 9.88 Å². The number of aromatic nitrogens is 1. The third-order valence-corrected chi connectivity index (χ3v) is 5.24. The molecule has 1 amide bonds. The van der Waals surface area contributed by atoms with Crippen molar-refractivity contribution in [2.45, 2.75) is 6.42 Å². The molecule has 0 saturated carbocycles. The third kappa shape index (κ3) is 3.96. The number of thiophene rings is 1. The van der Waals surface area contributed by atoms with Crippen LogP contribution < -0.4 is 5.73 Å². The molecule has 1 fully saturated rings. The SMILES string of the molecule is Cl.Cl.NCC1CCN(C(=O)c2csc(-c3cccs3)n2)C1. The first kappa shape index (κ1) is 18.4. The number of carbonyl (C=O) groups is 1. The first-order valence-corrected chi connectivity index (χ1v) is 8.02. The fourth-order valence-electron chi connectivity index (χ4n) is 2.26. The Hall–Kier alpha value is -0.660. The summed E-state index contributed by atoms with van der Waals surface area (Å²) >= 11 is 3.17. The van der Waals surface area contributed by atoms with Gasteiger partial charge in [-0.1, -0.05) is 6.07 Å².